The maximum absolute atomic E-state index is 12.0. The van der Waals surface area contributed by atoms with Gasteiger partial charge in [-0.15, -0.1) is 11.3 Å². The second-order valence-electron chi connectivity index (χ2n) is 4.62. The van der Waals surface area contributed by atoms with Crippen molar-refractivity contribution in [2.24, 2.45) is 0 Å². The van der Waals surface area contributed by atoms with Crippen LogP contribution in [-0.2, 0) is 4.79 Å². The number of hydrogen-bond acceptors (Lipinski definition) is 4. The number of aryl methyl sites for hydroxylation is 1. The van der Waals surface area contributed by atoms with Gasteiger partial charge in [-0.2, -0.15) is 0 Å². The number of amides is 2. The van der Waals surface area contributed by atoms with Crippen LogP contribution in [0.3, 0.4) is 0 Å². The summed E-state index contributed by atoms with van der Waals surface area (Å²) in [6.45, 7) is 3.83. The zero-order chi connectivity index (χ0) is 15.2. The molecule has 0 aliphatic rings. The van der Waals surface area contributed by atoms with Crippen LogP contribution in [0.15, 0.2) is 29.6 Å². The van der Waals surface area contributed by atoms with Crippen molar-refractivity contribution in [3.8, 4) is 0 Å². The Morgan fingerprint density at radius 1 is 1.19 bits per heavy atom. The third-order valence-electron chi connectivity index (χ3n) is 2.75. The smallest absolute Gasteiger partial charge is 0.257 e. The van der Waals surface area contributed by atoms with Gasteiger partial charge in [0.25, 0.3) is 5.91 Å². The number of nitrogens with one attached hydrogen (secondary N) is 2. The molecule has 6 heteroatoms. The average Bonchev–Trinajstić information content (AvgIpc) is 2.85. The predicted octanol–water partition coefficient (Wildman–Crippen LogP) is 3.44. The molecule has 2 amide bonds. The second kappa shape index (κ2) is 6.99. The van der Waals surface area contributed by atoms with E-state index in [1.54, 1.807) is 24.3 Å². The summed E-state index contributed by atoms with van der Waals surface area (Å²) < 4.78 is 0. The van der Waals surface area contributed by atoms with Gasteiger partial charge in [0.05, 0.1) is 5.69 Å². The van der Waals surface area contributed by atoms with Gasteiger partial charge in [0, 0.05) is 23.1 Å². The van der Waals surface area contributed by atoms with Gasteiger partial charge >= 0.3 is 0 Å². The summed E-state index contributed by atoms with van der Waals surface area (Å²) in [5.74, 6) is -0.233. The van der Waals surface area contributed by atoms with E-state index in [0.717, 1.165) is 12.1 Å². The Morgan fingerprint density at radius 2 is 1.90 bits per heavy atom. The zero-order valence-corrected chi connectivity index (χ0v) is 12.8. The molecule has 1 aromatic heterocycles. The van der Waals surface area contributed by atoms with Crippen LogP contribution in [0.4, 0.5) is 10.8 Å². The molecule has 2 aromatic rings. The minimum Gasteiger partial charge on any atom is -0.326 e. The molecule has 0 atom stereocenters. The van der Waals surface area contributed by atoms with E-state index in [9.17, 15) is 9.59 Å². The average molecular weight is 303 g/mol. The van der Waals surface area contributed by atoms with Gasteiger partial charge in [-0.1, -0.05) is 6.92 Å². The Labute approximate surface area is 127 Å². The van der Waals surface area contributed by atoms with Crippen molar-refractivity contribution >= 4 is 34.0 Å². The third kappa shape index (κ3) is 4.39. The number of anilines is 2. The summed E-state index contributed by atoms with van der Waals surface area (Å²) in [7, 11) is 0. The van der Waals surface area contributed by atoms with Crippen LogP contribution < -0.4 is 10.6 Å². The first-order valence-corrected chi connectivity index (χ1v) is 7.60. The second-order valence-corrected chi connectivity index (χ2v) is 5.48. The van der Waals surface area contributed by atoms with Gasteiger partial charge in [0.15, 0.2) is 5.13 Å². The fourth-order valence-electron chi connectivity index (χ4n) is 1.74. The van der Waals surface area contributed by atoms with Crippen molar-refractivity contribution in [3.63, 3.8) is 0 Å². The van der Waals surface area contributed by atoms with E-state index in [1.165, 1.54) is 11.3 Å². The number of aromatic nitrogens is 1. The zero-order valence-electron chi connectivity index (χ0n) is 12.0. The predicted molar refractivity (Wildman–Crippen MR) is 84.8 cm³/mol. The van der Waals surface area contributed by atoms with Gasteiger partial charge in [0.1, 0.15) is 0 Å². The molecule has 0 bridgehead atoms. The van der Waals surface area contributed by atoms with Gasteiger partial charge < -0.3 is 5.32 Å². The summed E-state index contributed by atoms with van der Waals surface area (Å²) in [5, 5.41) is 7.98. The number of carbonyl (C=O) groups excluding carboxylic acids is 2. The lowest BCUT2D eigenvalue weighted by molar-refractivity contribution is -0.116. The highest BCUT2D eigenvalue weighted by Gasteiger charge is 2.08. The van der Waals surface area contributed by atoms with Crippen molar-refractivity contribution < 1.29 is 9.59 Å². The molecule has 2 N–H and O–H groups in total. The van der Waals surface area contributed by atoms with Gasteiger partial charge in [0.2, 0.25) is 5.91 Å². The first-order valence-electron chi connectivity index (χ1n) is 6.72. The number of thiazole rings is 1. The van der Waals surface area contributed by atoms with Crippen molar-refractivity contribution in [1.29, 1.82) is 0 Å². The first kappa shape index (κ1) is 15.2. The minimum atomic E-state index is -0.212. The van der Waals surface area contributed by atoms with E-state index in [0.29, 0.717) is 22.8 Å². The Bertz CT molecular complexity index is 635. The number of rotatable bonds is 5. The summed E-state index contributed by atoms with van der Waals surface area (Å²) in [6.07, 6.45) is 1.30. The topological polar surface area (TPSA) is 71.1 Å². The molecule has 0 aliphatic heterocycles. The molecule has 0 spiro atoms. The normalized spacial score (nSPS) is 10.2. The van der Waals surface area contributed by atoms with Gasteiger partial charge in [-0.05, 0) is 37.6 Å². The van der Waals surface area contributed by atoms with E-state index >= 15 is 0 Å². The fraction of sp³-hybridized carbons (Fsp3) is 0.267. The molecular weight excluding hydrogens is 286 g/mol. The molecule has 0 radical (unpaired) electrons. The molecule has 0 saturated heterocycles. The molecule has 0 saturated carbocycles. The Morgan fingerprint density at radius 3 is 2.48 bits per heavy atom. The highest BCUT2D eigenvalue weighted by Crippen LogP contribution is 2.16. The number of nitrogens with zero attached hydrogens (tertiary/aromatic N) is 1. The molecule has 0 aliphatic carbocycles. The Kier molecular flexibility index (Phi) is 5.05. The molecule has 2 rings (SSSR count). The lowest BCUT2D eigenvalue weighted by Gasteiger charge is -2.06. The molecule has 110 valence electrons. The lowest BCUT2D eigenvalue weighted by Crippen LogP contribution is -2.13. The lowest BCUT2D eigenvalue weighted by atomic mass is 10.2. The van der Waals surface area contributed by atoms with Crippen molar-refractivity contribution in [2.75, 3.05) is 10.6 Å². The van der Waals surface area contributed by atoms with Gasteiger partial charge in [-0.25, -0.2) is 4.98 Å². The highest BCUT2D eigenvalue weighted by molar-refractivity contribution is 7.13. The van der Waals surface area contributed by atoms with Crippen molar-refractivity contribution in [3.05, 3.63) is 40.9 Å². The molecule has 21 heavy (non-hydrogen) atoms. The van der Waals surface area contributed by atoms with Crippen LogP contribution in [-0.4, -0.2) is 16.8 Å². The molecule has 1 heterocycles. The van der Waals surface area contributed by atoms with E-state index < -0.39 is 0 Å². The van der Waals surface area contributed by atoms with Crippen LogP contribution in [0.25, 0.3) is 0 Å². The van der Waals surface area contributed by atoms with E-state index in [4.69, 9.17) is 0 Å². The maximum Gasteiger partial charge on any atom is 0.257 e. The highest BCUT2D eigenvalue weighted by atomic mass is 32.1. The molecular formula is C15H17N3O2S. The van der Waals surface area contributed by atoms with Gasteiger partial charge in [-0.3, -0.25) is 14.9 Å². The number of benzene rings is 1. The van der Waals surface area contributed by atoms with Crippen LogP contribution >= 0.6 is 11.3 Å². The molecule has 0 unspecified atom stereocenters. The van der Waals surface area contributed by atoms with Crippen LogP contribution in [0, 0.1) is 6.92 Å². The monoisotopic (exact) mass is 303 g/mol. The van der Waals surface area contributed by atoms with E-state index in [1.807, 2.05) is 19.2 Å². The molecule has 1 aromatic carbocycles. The standard InChI is InChI=1S/C15H17N3O2S/c1-3-4-13(19)17-12-7-5-11(6-8-12)14(20)18-15-16-10(2)9-21-15/h5-9H,3-4H2,1-2H3,(H,17,19)(H,16,18,20). The minimum absolute atomic E-state index is 0.0204. The Balaban J connectivity index is 1.98. The summed E-state index contributed by atoms with van der Waals surface area (Å²) in [4.78, 5) is 27.7. The van der Waals surface area contributed by atoms with E-state index in [2.05, 4.69) is 15.6 Å². The summed E-state index contributed by atoms with van der Waals surface area (Å²) in [6, 6.07) is 6.79. The number of hydrogen-bond donors (Lipinski definition) is 2. The van der Waals surface area contributed by atoms with E-state index in [-0.39, 0.29) is 11.8 Å². The third-order valence-corrected chi connectivity index (χ3v) is 3.62. The SMILES string of the molecule is CCCC(=O)Nc1ccc(C(=O)Nc2nc(C)cs2)cc1. The Hall–Kier alpha value is -2.21. The molecule has 0 fully saturated rings. The van der Waals surface area contributed by atoms with Crippen LogP contribution in [0.5, 0.6) is 0 Å². The van der Waals surface area contributed by atoms with Crippen LogP contribution in [0.1, 0.15) is 35.8 Å². The largest absolute Gasteiger partial charge is 0.326 e. The van der Waals surface area contributed by atoms with Crippen molar-refractivity contribution in [2.45, 2.75) is 26.7 Å². The number of carbonyl (C=O) groups is 2. The summed E-state index contributed by atoms with van der Waals surface area (Å²) >= 11 is 1.39. The van der Waals surface area contributed by atoms with Crippen molar-refractivity contribution in [1.82, 2.24) is 4.98 Å². The van der Waals surface area contributed by atoms with Crippen LogP contribution in [0.2, 0.25) is 0 Å². The molecule has 5 nitrogen and oxygen atoms in total. The fourth-order valence-corrected chi connectivity index (χ4v) is 2.42. The summed E-state index contributed by atoms with van der Waals surface area (Å²) in [5.41, 5.74) is 2.09. The quantitative estimate of drug-likeness (QED) is 0.888. The maximum atomic E-state index is 12.0. The first-order chi connectivity index (χ1) is 10.1.